The number of hydrogen-bond acceptors (Lipinski definition) is 16. The van der Waals surface area contributed by atoms with E-state index in [1.807, 2.05) is 26.8 Å². The lowest BCUT2D eigenvalue weighted by Gasteiger charge is -2.41. The summed E-state index contributed by atoms with van der Waals surface area (Å²) in [6, 6.07) is 8.14. The van der Waals surface area contributed by atoms with E-state index >= 15 is 0 Å². The summed E-state index contributed by atoms with van der Waals surface area (Å²) in [7, 11) is 5.81. The van der Waals surface area contributed by atoms with Crippen LogP contribution in [0.25, 0.3) is 0 Å². The molecule has 14 atom stereocenters. The van der Waals surface area contributed by atoms with Gasteiger partial charge in [-0.05, 0) is 60.8 Å². The van der Waals surface area contributed by atoms with Gasteiger partial charge in [0.05, 0.1) is 36.6 Å². The number of aliphatic hydroxyl groups excluding tert-OH is 3. The number of benzene rings is 2. The number of carboxylic acid groups (broad SMARTS) is 2. The summed E-state index contributed by atoms with van der Waals surface area (Å²) in [5.74, 6) is -7.61. The molecule has 452 valence electrons. The highest BCUT2D eigenvalue weighted by Crippen LogP contribution is 2.32. The number of likely N-dealkylation sites (tertiary alicyclic amines) is 1. The molecule has 0 spiro atoms. The zero-order chi connectivity index (χ0) is 60.6. The molecule has 2 heterocycles. The van der Waals surface area contributed by atoms with Crippen LogP contribution in [0.15, 0.2) is 48.5 Å². The van der Waals surface area contributed by atoms with Crippen molar-refractivity contribution in [2.75, 3.05) is 41.4 Å². The topological polar surface area (TPSA) is 330 Å². The van der Waals surface area contributed by atoms with Crippen LogP contribution >= 0.6 is 0 Å². The molecule has 2 aromatic rings. The number of nitrogens with one attached hydrogen (secondary N) is 3. The first-order chi connectivity index (χ1) is 38.2. The van der Waals surface area contributed by atoms with Crippen molar-refractivity contribution in [1.29, 1.82) is 0 Å². The third kappa shape index (κ3) is 17.3. The number of carbonyl (C=O) groups is 8. The summed E-state index contributed by atoms with van der Waals surface area (Å²) in [5, 5.41) is 59.1. The largest absolute Gasteiger partial charge is 0.480 e. The zero-order valence-electron chi connectivity index (χ0n) is 48.6. The molecule has 0 aliphatic carbocycles. The second-order valence-electron chi connectivity index (χ2n) is 21.7. The monoisotopic (exact) mass is 1140 g/mol. The third-order valence-corrected chi connectivity index (χ3v) is 15.3. The van der Waals surface area contributed by atoms with Crippen LogP contribution < -0.4 is 20.7 Å². The molecule has 2 fully saturated rings. The fraction of sp³-hybridized carbons (Fsp3) is 0.649. The van der Waals surface area contributed by atoms with Gasteiger partial charge in [-0.25, -0.2) is 14.4 Å². The van der Waals surface area contributed by atoms with Crippen molar-refractivity contribution in [3.8, 4) is 5.75 Å². The number of amides is 6. The maximum atomic E-state index is 14.8. The lowest BCUT2D eigenvalue weighted by molar-refractivity contribution is -0.271. The van der Waals surface area contributed by atoms with E-state index in [1.54, 1.807) is 70.8 Å². The van der Waals surface area contributed by atoms with Crippen LogP contribution in [0, 0.1) is 23.7 Å². The fourth-order valence-corrected chi connectivity index (χ4v) is 10.5. The Labute approximate surface area is 474 Å². The van der Waals surface area contributed by atoms with Crippen LogP contribution in [0.3, 0.4) is 0 Å². The number of hydrogen-bond donors (Lipinski definition) is 8. The van der Waals surface area contributed by atoms with Gasteiger partial charge in [0.25, 0.3) is 5.91 Å². The second-order valence-corrected chi connectivity index (χ2v) is 21.7. The number of rotatable bonds is 29. The van der Waals surface area contributed by atoms with Crippen LogP contribution in [0.5, 0.6) is 5.75 Å². The number of methoxy groups -OCH3 is 2. The molecule has 2 aliphatic heterocycles. The third-order valence-electron chi connectivity index (χ3n) is 15.3. The molecule has 2 saturated heterocycles. The van der Waals surface area contributed by atoms with Crippen LogP contribution in [0.1, 0.15) is 109 Å². The van der Waals surface area contributed by atoms with Gasteiger partial charge in [0.1, 0.15) is 48.8 Å². The van der Waals surface area contributed by atoms with E-state index in [-0.39, 0.29) is 41.5 Å². The summed E-state index contributed by atoms with van der Waals surface area (Å²) >= 11 is 0. The Kier molecular flexibility index (Phi) is 25.8. The standard InChI is InChI=1S/C57H86N6O18/c1-13-24-58-51(69)35-22-23-39(80-56-47(67)45(65)46(66)49(81-56)55(74)75)36(27-35)29-79-57(76)62(10)43(31(5)6)52(70)60-42(30(3)4)53(71)61(9)44(32(7)14-2)40(77-11)28-41(64)63-25-18-21-38(63)48(78-12)33(8)50(68)59-37(54(72)73)26-34-19-16-15-17-20-34/h15-17,19-20,22-23,27,30-33,37-38,40,42-49,56,65-67H,13-14,18,21,24-26,28-29H2,1-12H3,(H,58,69)(H,59,68)(H,60,70)(H,72,73)(H,74,75)/t32?,33-,37?,38+,40-,42+,43+,44+,45+,46+,47-,48-,49+,56?/m1/s1. The molecule has 8 N–H and O–H groups in total. The smallest absolute Gasteiger partial charge is 0.410 e. The summed E-state index contributed by atoms with van der Waals surface area (Å²) in [5.41, 5.74) is 0.889. The van der Waals surface area contributed by atoms with E-state index in [0.717, 1.165) is 10.5 Å². The number of ether oxygens (including phenoxy) is 5. The number of aliphatic carboxylic acids is 2. The predicted octanol–water partition coefficient (Wildman–Crippen LogP) is 2.56. The molecule has 0 aromatic heterocycles. The Balaban J connectivity index is 1.51. The van der Waals surface area contributed by atoms with E-state index < -0.39 is 139 Å². The van der Waals surface area contributed by atoms with Crippen molar-refractivity contribution in [2.45, 2.75) is 174 Å². The van der Waals surface area contributed by atoms with Gasteiger partial charge >= 0.3 is 18.0 Å². The molecule has 0 radical (unpaired) electrons. The molecule has 2 aliphatic rings. The van der Waals surface area contributed by atoms with Gasteiger partial charge in [0, 0.05) is 59.0 Å². The average Bonchev–Trinajstić information content (AvgIpc) is 3.96. The van der Waals surface area contributed by atoms with Crippen molar-refractivity contribution < 1.29 is 87.6 Å². The molecule has 6 amide bonds. The predicted molar refractivity (Wildman–Crippen MR) is 293 cm³/mol. The van der Waals surface area contributed by atoms with Crippen molar-refractivity contribution in [3.63, 3.8) is 0 Å². The van der Waals surface area contributed by atoms with Crippen molar-refractivity contribution >= 4 is 47.6 Å². The molecule has 0 saturated carbocycles. The minimum Gasteiger partial charge on any atom is -0.480 e. The number of nitrogens with zero attached hydrogens (tertiary/aromatic N) is 3. The van der Waals surface area contributed by atoms with E-state index in [4.69, 9.17) is 23.7 Å². The fourth-order valence-electron chi connectivity index (χ4n) is 10.5. The minimum atomic E-state index is -1.99. The SMILES string of the molecule is CCCNC(=O)c1ccc(OC2O[C@H](C(=O)O)[C@@H](O)[C@H](O)[C@H]2O)c(COC(=O)N(C)[C@H](C(=O)N[C@H](C(=O)N(C)[C@@H](C(C)CC)[C@@H](CC(=O)N2CCC[C@H]2[C@H](OC)[C@@H](C)C(=O)NC(Cc2ccccc2)C(=O)O)OC)C(C)C)C(C)C)c1. The molecule has 2 aromatic carbocycles. The summed E-state index contributed by atoms with van der Waals surface area (Å²) in [6.07, 6.45) is -10.1. The highest BCUT2D eigenvalue weighted by Gasteiger charge is 2.49. The molecule has 24 nitrogen and oxygen atoms in total. The molecule has 81 heavy (non-hydrogen) atoms. The van der Waals surface area contributed by atoms with E-state index in [0.29, 0.717) is 38.8 Å². The summed E-state index contributed by atoms with van der Waals surface area (Å²) < 4.78 is 28.7. The Morgan fingerprint density at radius 1 is 0.815 bits per heavy atom. The van der Waals surface area contributed by atoms with Crippen LogP contribution in [-0.4, -0.2) is 202 Å². The van der Waals surface area contributed by atoms with Crippen LogP contribution in [-0.2, 0) is 60.7 Å². The molecule has 24 heteroatoms. The first-order valence-corrected chi connectivity index (χ1v) is 27.6. The van der Waals surface area contributed by atoms with Crippen molar-refractivity contribution in [3.05, 3.63) is 65.2 Å². The quantitative estimate of drug-likeness (QED) is 0.0580. The Hall–Kier alpha value is -6.44. The number of carboxylic acids is 2. The Morgan fingerprint density at radius 2 is 1.48 bits per heavy atom. The maximum Gasteiger partial charge on any atom is 0.410 e. The second kappa shape index (κ2) is 31.1. The van der Waals surface area contributed by atoms with E-state index in [2.05, 4.69) is 16.0 Å². The van der Waals surface area contributed by atoms with Gasteiger partial charge in [0.15, 0.2) is 6.10 Å². The van der Waals surface area contributed by atoms with Crippen molar-refractivity contribution in [1.82, 2.24) is 30.7 Å². The summed E-state index contributed by atoms with van der Waals surface area (Å²) in [4.78, 5) is 113. The summed E-state index contributed by atoms with van der Waals surface area (Å²) in [6.45, 7) is 14.3. The van der Waals surface area contributed by atoms with Gasteiger partial charge in [0.2, 0.25) is 29.9 Å². The molecular formula is C57H86N6O18. The van der Waals surface area contributed by atoms with E-state index in [9.17, 15) is 63.9 Å². The Morgan fingerprint density at radius 3 is 2.05 bits per heavy atom. The first-order valence-electron chi connectivity index (χ1n) is 27.6. The lowest BCUT2D eigenvalue weighted by atomic mass is 9.89. The molecular weight excluding hydrogens is 1060 g/mol. The number of likely N-dealkylation sites (N-methyl/N-ethyl adjacent to an activating group) is 2. The number of carbonyl (C=O) groups excluding carboxylic acids is 6. The molecule has 4 rings (SSSR count). The average molecular weight is 1140 g/mol. The van der Waals surface area contributed by atoms with Gasteiger partial charge in [-0.3, -0.25) is 28.9 Å². The maximum absolute atomic E-state index is 14.8. The normalized spacial score (nSPS) is 22.0. The highest BCUT2D eigenvalue weighted by atomic mass is 16.7. The Bertz CT molecular complexity index is 2450. The van der Waals surface area contributed by atoms with E-state index in [1.165, 1.54) is 44.4 Å². The van der Waals surface area contributed by atoms with Gasteiger partial charge in [-0.2, -0.15) is 0 Å². The van der Waals surface area contributed by atoms with Crippen molar-refractivity contribution in [2.24, 2.45) is 23.7 Å². The van der Waals surface area contributed by atoms with Crippen LogP contribution in [0.4, 0.5) is 4.79 Å². The minimum absolute atomic E-state index is 0.0381. The van der Waals surface area contributed by atoms with Crippen LogP contribution in [0.2, 0.25) is 0 Å². The zero-order valence-corrected chi connectivity index (χ0v) is 48.6. The highest BCUT2D eigenvalue weighted by molar-refractivity contribution is 5.95. The van der Waals surface area contributed by atoms with Gasteiger partial charge in [-0.15, -0.1) is 0 Å². The number of aliphatic hydroxyl groups is 3. The lowest BCUT2D eigenvalue weighted by Crippen LogP contribution is -2.61. The van der Waals surface area contributed by atoms with Gasteiger partial charge < -0.3 is 75.0 Å². The molecule has 0 bridgehead atoms. The van der Waals surface area contributed by atoms with Gasteiger partial charge in [-0.1, -0.05) is 92.1 Å². The molecule has 3 unspecified atom stereocenters. The first kappa shape index (κ1) is 67.1.